The highest BCUT2D eigenvalue weighted by Crippen LogP contribution is 2.41. The normalized spacial score (nSPS) is 14.1. The highest BCUT2D eigenvalue weighted by Gasteiger charge is 2.25. The van der Waals surface area contributed by atoms with Crippen LogP contribution in [0.15, 0.2) is 82.6 Å². The van der Waals surface area contributed by atoms with Gasteiger partial charge in [0.25, 0.3) is 0 Å². The maximum atomic E-state index is 12.8. The molecule has 0 fully saturated rings. The molecule has 3 aromatic rings. The van der Waals surface area contributed by atoms with Crippen LogP contribution in [0.1, 0.15) is 35.3 Å². The van der Waals surface area contributed by atoms with E-state index in [2.05, 4.69) is 49.1 Å². The fourth-order valence-corrected chi connectivity index (χ4v) is 4.61. The van der Waals surface area contributed by atoms with Crippen molar-refractivity contribution >= 4 is 29.3 Å². The molecular weight excluding hydrogens is 390 g/mol. The van der Waals surface area contributed by atoms with Gasteiger partial charge in [0.15, 0.2) is 0 Å². The zero-order valence-corrected chi connectivity index (χ0v) is 18.1. The number of rotatable bonds is 7. The zero-order chi connectivity index (χ0) is 20.9. The predicted molar refractivity (Wildman–Crippen MR) is 125 cm³/mol. The molecular formula is C26H25NO2S. The summed E-state index contributed by atoms with van der Waals surface area (Å²) in [6.45, 7) is 6.64. The molecule has 30 heavy (non-hydrogen) atoms. The lowest BCUT2D eigenvalue weighted by Gasteiger charge is -2.22. The minimum Gasteiger partial charge on any atom is -0.488 e. The molecule has 0 aliphatic carbocycles. The number of hydrogen-bond acceptors (Lipinski definition) is 4. The molecule has 152 valence electrons. The number of carbonyl (C=O) groups is 1. The lowest BCUT2D eigenvalue weighted by atomic mass is 10.1. The van der Waals surface area contributed by atoms with E-state index >= 15 is 0 Å². The minimum atomic E-state index is 0.0810. The van der Waals surface area contributed by atoms with Crippen LogP contribution in [0, 0.1) is 0 Å². The van der Waals surface area contributed by atoms with Gasteiger partial charge in [0.05, 0.1) is 4.91 Å². The lowest BCUT2D eigenvalue weighted by Crippen LogP contribution is -2.21. The number of benzene rings is 3. The second kappa shape index (κ2) is 9.23. The molecule has 0 radical (unpaired) electrons. The number of hydrogen-bond donors (Lipinski definition) is 0. The van der Waals surface area contributed by atoms with Gasteiger partial charge in [0.1, 0.15) is 12.4 Å². The van der Waals surface area contributed by atoms with Crippen molar-refractivity contribution in [2.24, 2.45) is 0 Å². The van der Waals surface area contributed by atoms with Crippen molar-refractivity contribution in [3.8, 4) is 5.75 Å². The lowest BCUT2D eigenvalue weighted by molar-refractivity contribution is 0.104. The second-order valence-corrected chi connectivity index (χ2v) is 8.19. The van der Waals surface area contributed by atoms with Gasteiger partial charge in [-0.05, 0) is 49.8 Å². The molecule has 0 amide bonds. The van der Waals surface area contributed by atoms with Crippen molar-refractivity contribution in [1.82, 2.24) is 0 Å². The molecule has 0 bridgehead atoms. The first-order chi connectivity index (χ1) is 14.7. The first-order valence-electron chi connectivity index (χ1n) is 10.3. The summed E-state index contributed by atoms with van der Waals surface area (Å²) in [6.07, 6.45) is 1.96. The standard InChI is InChI=1S/C26H25NO2S/c1-3-27(4-2)21-15-14-20(23(17-21)29-18-19-10-6-5-7-11-19)16-25-26(28)22-12-8-9-13-24(22)30-25/h5-17H,3-4,18H2,1-2H3/b25-16-. The number of carbonyl (C=O) groups excluding carboxylic acids is 1. The van der Waals surface area contributed by atoms with Crippen LogP contribution in [0.25, 0.3) is 6.08 Å². The minimum absolute atomic E-state index is 0.0810. The van der Waals surface area contributed by atoms with E-state index in [1.165, 1.54) is 11.8 Å². The Kier molecular flexibility index (Phi) is 6.24. The van der Waals surface area contributed by atoms with Crippen LogP contribution in [0.3, 0.4) is 0 Å². The van der Waals surface area contributed by atoms with E-state index in [1.54, 1.807) is 0 Å². The Morgan fingerprint density at radius 2 is 1.67 bits per heavy atom. The smallest absolute Gasteiger partial charge is 0.200 e. The topological polar surface area (TPSA) is 29.5 Å². The Hall–Kier alpha value is -2.98. The maximum absolute atomic E-state index is 12.8. The third-order valence-electron chi connectivity index (χ3n) is 5.22. The van der Waals surface area contributed by atoms with Gasteiger partial charge in [-0.25, -0.2) is 0 Å². The van der Waals surface area contributed by atoms with Gasteiger partial charge in [-0.2, -0.15) is 0 Å². The van der Waals surface area contributed by atoms with E-state index in [4.69, 9.17) is 4.74 Å². The molecule has 0 saturated heterocycles. The van der Waals surface area contributed by atoms with Gasteiger partial charge in [-0.1, -0.05) is 54.2 Å². The van der Waals surface area contributed by atoms with Crippen molar-refractivity contribution in [3.05, 3.63) is 94.4 Å². The second-order valence-electron chi connectivity index (χ2n) is 7.10. The largest absolute Gasteiger partial charge is 0.488 e. The molecule has 1 heterocycles. The van der Waals surface area contributed by atoms with Gasteiger partial charge in [0.2, 0.25) is 5.78 Å². The molecule has 0 unspecified atom stereocenters. The molecule has 0 saturated carbocycles. The fraction of sp³-hybridized carbons (Fsp3) is 0.192. The van der Waals surface area contributed by atoms with E-state index in [-0.39, 0.29) is 5.78 Å². The molecule has 0 aromatic heterocycles. The number of fused-ring (bicyclic) bond motifs is 1. The van der Waals surface area contributed by atoms with Crippen LogP contribution in [0.4, 0.5) is 5.69 Å². The van der Waals surface area contributed by atoms with Crippen LogP contribution in [-0.2, 0) is 6.61 Å². The highest BCUT2D eigenvalue weighted by atomic mass is 32.2. The van der Waals surface area contributed by atoms with Gasteiger partial charge in [-0.3, -0.25) is 4.79 Å². The zero-order valence-electron chi connectivity index (χ0n) is 17.3. The van der Waals surface area contributed by atoms with Crippen molar-refractivity contribution in [2.45, 2.75) is 25.3 Å². The van der Waals surface area contributed by atoms with Crippen LogP contribution >= 0.6 is 11.8 Å². The number of thioether (sulfide) groups is 1. The summed E-state index contributed by atoms with van der Waals surface area (Å²) in [4.78, 5) is 16.9. The number of Topliss-reactive ketones (excluding diaryl/α,β-unsaturated/α-hetero) is 1. The Balaban J connectivity index is 1.67. The number of anilines is 1. The van der Waals surface area contributed by atoms with Crippen LogP contribution in [0.2, 0.25) is 0 Å². The molecule has 4 heteroatoms. The number of ether oxygens (including phenoxy) is 1. The van der Waals surface area contributed by atoms with E-state index in [0.29, 0.717) is 6.61 Å². The molecule has 0 N–H and O–H groups in total. The highest BCUT2D eigenvalue weighted by molar-refractivity contribution is 8.04. The van der Waals surface area contributed by atoms with Crippen molar-refractivity contribution in [3.63, 3.8) is 0 Å². The van der Waals surface area contributed by atoms with Gasteiger partial charge >= 0.3 is 0 Å². The fourth-order valence-electron chi connectivity index (χ4n) is 3.57. The van der Waals surface area contributed by atoms with Crippen LogP contribution in [-0.4, -0.2) is 18.9 Å². The molecule has 3 nitrogen and oxygen atoms in total. The Labute approximate surface area is 182 Å². The van der Waals surface area contributed by atoms with Gasteiger partial charge in [0, 0.05) is 40.9 Å². The van der Waals surface area contributed by atoms with Gasteiger partial charge < -0.3 is 9.64 Å². The molecule has 0 spiro atoms. The number of nitrogens with zero attached hydrogens (tertiary/aromatic N) is 1. The van der Waals surface area contributed by atoms with E-state index < -0.39 is 0 Å². The third kappa shape index (κ3) is 4.29. The molecule has 4 rings (SSSR count). The van der Waals surface area contributed by atoms with Gasteiger partial charge in [-0.15, -0.1) is 0 Å². The van der Waals surface area contributed by atoms with E-state index in [9.17, 15) is 4.79 Å². The Morgan fingerprint density at radius 1 is 0.933 bits per heavy atom. The monoisotopic (exact) mass is 415 g/mol. The molecule has 3 aromatic carbocycles. The van der Waals surface area contributed by atoms with Crippen molar-refractivity contribution < 1.29 is 9.53 Å². The SMILES string of the molecule is CCN(CC)c1ccc(/C=C2\Sc3ccccc3C2=O)c(OCc2ccccc2)c1. The molecule has 0 atom stereocenters. The third-order valence-corrected chi connectivity index (χ3v) is 6.32. The van der Waals surface area contributed by atoms with E-state index in [0.717, 1.165) is 51.0 Å². The predicted octanol–water partition coefficient (Wildman–Crippen LogP) is 6.44. The first kappa shape index (κ1) is 20.3. The summed E-state index contributed by atoms with van der Waals surface area (Å²) in [5, 5.41) is 0. The number of allylic oxidation sites excluding steroid dienone is 1. The quantitative estimate of drug-likeness (QED) is 0.415. The summed E-state index contributed by atoms with van der Waals surface area (Å²) in [6, 6.07) is 24.1. The van der Waals surface area contributed by atoms with Crippen LogP contribution in [0.5, 0.6) is 5.75 Å². The first-order valence-corrected chi connectivity index (χ1v) is 11.1. The van der Waals surface area contributed by atoms with Crippen molar-refractivity contribution in [1.29, 1.82) is 0 Å². The average Bonchev–Trinajstić information content (AvgIpc) is 3.10. The number of ketones is 1. The maximum Gasteiger partial charge on any atom is 0.200 e. The summed E-state index contributed by atoms with van der Waals surface area (Å²) in [5.74, 6) is 0.873. The molecule has 1 aliphatic heterocycles. The Morgan fingerprint density at radius 3 is 2.40 bits per heavy atom. The summed E-state index contributed by atoms with van der Waals surface area (Å²) in [7, 11) is 0. The van der Waals surface area contributed by atoms with Crippen molar-refractivity contribution in [2.75, 3.05) is 18.0 Å². The Bertz CT molecular complexity index is 1070. The van der Waals surface area contributed by atoms with Crippen LogP contribution < -0.4 is 9.64 Å². The molecule has 1 aliphatic rings. The summed E-state index contributed by atoms with van der Waals surface area (Å²) >= 11 is 1.53. The summed E-state index contributed by atoms with van der Waals surface area (Å²) in [5.41, 5.74) is 3.94. The van der Waals surface area contributed by atoms with E-state index in [1.807, 2.05) is 48.5 Å². The average molecular weight is 416 g/mol. The summed E-state index contributed by atoms with van der Waals surface area (Å²) < 4.78 is 6.23.